The first kappa shape index (κ1) is 19.8. The molecule has 0 saturated carbocycles. The highest BCUT2D eigenvalue weighted by atomic mass is 16.5. The Bertz CT molecular complexity index is 796. The Kier molecular flexibility index (Phi) is 7.18. The average molecular weight is 371 g/mol. The quantitative estimate of drug-likeness (QED) is 0.421. The molecule has 142 valence electrons. The van der Waals surface area contributed by atoms with Gasteiger partial charge in [-0.2, -0.15) is 5.10 Å². The van der Waals surface area contributed by atoms with Crippen LogP contribution in [0.4, 0.5) is 5.69 Å². The molecule has 2 aromatic rings. The van der Waals surface area contributed by atoms with Gasteiger partial charge in [-0.1, -0.05) is 18.2 Å². The van der Waals surface area contributed by atoms with Crippen molar-refractivity contribution in [3.05, 3.63) is 48.0 Å². The summed E-state index contributed by atoms with van der Waals surface area (Å²) in [5, 5.41) is 6.48. The fourth-order valence-electron chi connectivity index (χ4n) is 2.27. The number of methoxy groups -OCH3 is 3. The van der Waals surface area contributed by atoms with E-state index in [-0.39, 0.29) is 6.42 Å². The lowest BCUT2D eigenvalue weighted by molar-refractivity contribution is -0.126. The molecule has 0 spiro atoms. The van der Waals surface area contributed by atoms with E-state index in [1.807, 2.05) is 6.07 Å². The normalized spacial score (nSPS) is 10.3. The van der Waals surface area contributed by atoms with Crippen LogP contribution < -0.4 is 25.0 Å². The van der Waals surface area contributed by atoms with Crippen molar-refractivity contribution in [2.24, 2.45) is 5.10 Å². The molecule has 0 aliphatic carbocycles. The highest BCUT2D eigenvalue weighted by molar-refractivity contribution is 6.03. The second-order valence-corrected chi connectivity index (χ2v) is 5.34. The van der Waals surface area contributed by atoms with Crippen LogP contribution in [0.2, 0.25) is 0 Å². The Labute approximate surface area is 157 Å². The van der Waals surface area contributed by atoms with Crippen molar-refractivity contribution in [2.75, 3.05) is 26.6 Å². The van der Waals surface area contributed by atoms with Crippen molar-refractivity contribution >= 4 is 23.7 Å². The summed E-state index contributed by atoms with van der Waals surface area (Å²) in [5.74, 6) is 0.423. The van der Waals surface area contributed by atoms with Crippen molar-refractivity contribution in [2.45, 2.75) is 6.42 Å². The average Bonchev–Trinajstić information content (AvgIpc) is 2.67. The molecule has 0 aromatic heterocycles. The summed E-state index contributed by atoms with van der Waals surface area (Å²) in [6.45, 7) is 0. The zero-order valence-electron chi connectivity index (χ0n) is 15.3. The highest BCUT2D eigenvalue weighted by Crippen LogP contribution is 2.37. The van der Waals surface area contributed by atoms with E-state index in [0.29, 0.717) is 28.5 Å². The number of benzene rings is 2. The first-order chi connectivity index (χ1) is 13.1. The van der Waals surface area contributed by atoms with E-state index in [4.69, 9.17) is 14.2 Å². The van der Waals surface area contributed by atoms with E-state index in [0.717, 1.165) is 0 Å². The van der Waals surface area contributed by atoms with E-state index in [1.54, 1.807) is 36.4 Å². The largest absolute Gasteiger partial charge is 0.493 e. The van der Waals surface area contributed by atoms with Crippen molar-refractivity contribution in [3.8, 4) is 17.2 Å². The molecule has 0 atom stereocenters. The minimum Gasteiger partial charge on any atom is -0.493 e. The van der Waals surface area contributed by atoms with Crippen molar-refractivity contribution < 1.29 is 23.8 Å². The van der Waals surface area contributed by atoms with Crippen molar-refractivity contribution in [1.29, 1.82) is 0 Å². The van der Waals surface area contributed by atoms with Gasteiger partial charge in [-0.05, 0) is 24.3 Å². The zero-order valence-corrected chi connectivity index (χ0v) is 15.3. The summed E-state index contributed by atoms with van der Waals surface area (Å²) >= 11 is 0. The number of ether oxygens (including phenoxy) is 3. The first-order valence-electron chi connectivity index (χ1n) is 8.04. The summed E-state index contributed by atoms with van der Waals surface area (Å²) in [7, 11) is 4.52. The van der Waals surface area contributed by atoms with Crippen LogP contribution in [0.3, 0.4) is 0 Å². The van der Waals surface area contributed by atoms with Crippen LogP contribution in [0.15, 0.2) is 47.6 Å². The van der Waals surface area contributed by atoms with Gasteiger partial charge in [0.15, 0.2) is 11.5 Å². The third kappa shape index (κ3) is 5.74. The Morgan fingerprint density at radius 2 is 1.59 bits per heavy atom. The molecule has 0 heterocycles. The van der Waals surface area contributed by atoms with Gasteiger partial charge in [-0.15, -0.1) is 0 Å². The molecule has 2 amide bonds. The van der Waals surface area contributed by atoms with Gasteiger partial charge in [0.1, 0.15) is 6.42 Å². The topological polar surface area (TPSA) is 98.2 Å². The minimum atomic E-state index is -0.535. The van der Waals surface area contributed by atoms with Crippen molar-refractivity contribution in [3.63, 3.8) is 0 Å². The second-order valence-electron chi connectivity index (χ2n) is 5.34. The van der Waals surface area contributed by atoms with Gasteiger partial charge < -0.3 is 19.5 Å². The van der Waals surface area contributed by atoms with Gasteiger partial charge in [0.25, 0.3) is 0 Å². The number of rotatable bonds is 8. The summed E-state index contributed by atoms with van der Waals surface area (Å²) in [6.07, 6.45) is 1.07. The standard InChI is InChI=1S/C19H21N3O5/c1-25-15-9-13(10-16(26-2)19(15)27-3)12-20-22-18(24)11-17(23)21-14-7-5-4-6-8-14/h4-10,12H,11H2,1-3H3,(H,21,23)(H,22,24). The molecule has 2 N–H and O–H groups in total. The van der Waals surface area contributed by atoms with E-state index in [9.17, 15) is 9.59 Å². The number of hydrogen-bond donors (Lipinski definition) is 2. The molecule has 0 unspecified atom stereocenters. The number of amides is 2. The number of para-hydroxylation sites is 1. The molecule has 0 bridgehead atoms. The lowest BCUT2D eigenvalue weighted by Gasteiger charge is -2.12. The third-order valence-corrected chi connectivity index (χ3v) is 3.47. The Hall–Kier alpha value is -3.55. The summed E-state index contributed by atoms with van der Waals surface area (Å²) in [4.78, 5) is 23.6. The SMILES string of the molecule is COc1cc(C=NNC(=O)CC(=O)Nc2ccccc2)cc(OC)c1OC. The minimum absolute atomic E-state index is 0.346. The van der Waals surface area contributed by atoms with Crippen LogP contribution in [0.25, 0.3) is 0 Å². The van der Waals surface area contributed by atoms with Gasteiger partial charge in [-0.3, -0.25) is 9.59 Å². The van der Waals surface area contributed by atoms with Crippen LogP contribution in [0.1, 0.15) is 12.0 Å². The summed E-state index contributed by atoms with van der Waals surface area (Å²) in [6, 6.07) is 12.2. The van der Waals surface area contributed by atoms with Gasteiger partial charge in [0.2, 0.25) is 17.6 Å². The molecule has 27 heavy (non-hydrogen) atoms. The Balaban J connectivity index is 1.94. The predicted molar refractivity (Wildman–Crippen MR) is 102 cm³/mol. The Morgan fingerprint density at radius 1 is 0.963 bits per heavy atom. The lowest BCUT2D eigenvalue weighted by Crippen LogP contribution is -2.24. The van der Waals surface area contributed by atoms with Gasteiger partial charge in [0.05, 0.1) is 27.5 Å². The molecule has 0 fully saturated rings. The number of carbonyl (C=O) groups excluding carboxylic acids is 2. The highest BCUT2D eigenvalue weighted by Gasteiger charge is 2.12. The molecule has 8 nitrogen and oxygen atoms in total. The maximum Gasteiger partial charge on any atom is 0.249 e. The fourth-order valence-corrected chi connectivity index (χ4v) is 2.27. The molecule has 8 heteroatoms. The molecule has 2 rings (SSSR count). The number of hydrazone groups is 1. The number of carbonyl (C=O) groups is 2. The van der Waals surface area contributed by atoms with E-state index in [2.05, 4.69) is 15.8 Å². The van der Waals surface area contributed by atoms with E-state index >= 15 is 0 Å². The van der Waals surface area contributed by atoms with E-state index in [1.165, 1.54) is 27.5 Å². The van der Waals surface area contributed by atoms with Crippen LogP contribution in [-0.2, 0) is 9.59 Å². The molecular weight excluding hydrogens is 350 g/mol. The maximum atomic E-state index is 11.8. The van der Waals surface area contributed by atoms with Gasteiger partial charge >= 0.3 is 0 Å². The molecule has 0 aliphatic heterocycles. The smallest absolute Gasteiger partial charge is 0.249 e. The first-order valence-corrected chi connectivity index (χ1v) is 8.04. The number of nitrogens with zero attached hydrogens (tertiary/aromatic N) is 1. The molecule has 0 aliphatic rings. The summed E-state index contributed by atoms with van der Waals surface area (Å²) < 4.78 is 15.7. The molecule has 0 radical (unpaired) electrons. The lowest BCUT2D eigenvalue weighted by atomic mass is 10.2. The molecule has 0 saturated heterocycles. The Morgan fingerprint density at radius 3 is 2.15 bits per heavy atom. The van der Waals surface area contributed by atoms with Crippen LogP contribution in [-0.4, -0.2) is 39.4 Å². The monoisotopic (exact) mass is 371 g/mol. The number of anilines is 1. The van der Waals surface area contributed by atoms with Crippen LogP contribution in [0.5, 0.6) is 17.2 Å². The van der Waals surface area contributed by atoms with Gasteiger partial charge in [-0.25, -0.2) is 5.43 Å². The maximum absolute atomic E-state index is 11.8. The number of nitrogens with one attached hydrogen (secondary N) is 2. The molecule has 2 aromatic carbocycles. The number of hydrogen-bond acceptors (Lipinski definition) is 6. The van der Waals surface area contributed by atoms with E-state index < -0.39 is 11.8 Å². The van der Waals surface area contributed by atoms with Gasteiger partial charge in [0, 0.05) is 11.3 Å². The van der Waals surface area contributed by atoms with Crippen LogP contribution in [0, 0.1) is 0 Å². The molecular formula is C19H21N3O5. The second kappa shape index (κ2) is 9.81. The van der Waals surface area contributed by atoms with Crippen molar-refractivity contribution in [1.82, 2.24) is 5.43 Å². The zero-order chi connectivity index (χ0) is 19.6. The van der Waals surface area contributed by atoms with Crippen LogP contribution >= 0.6 is 0 Å². The summed E-state index contributed by atoms with van der Waals surface area (Å²) in [5.41, 5.74) is 3.55. The predicted octanol–water partition coefficient (Wildman–Crippen LogP) is 2.19. The third-order valence-electron chi connectivity index (χ3n) is 3.47. The fraction of sp³-hybridized carbons (Fsp3) is 0.211.